The van der Waals surface area contributed by atoms with Crippen molar-refractivity contribution in [2.75, 3.05) is 20.6 Å². The predicted octanol–water partition coefficient (Wildman–Crippen LogP) is 2.42. The highest BCUT2D eigenvalue weighted by molar-refractivity contribution is 6.31. The molecule has 1 aromatic carbocycles. The maximum absolute atomic E-state index is 13.5. The molecular formula is C22H27ClN6O2. The molecule has 0 spiro atoms. The fourth-order valence-corrected chi connectivity index (χ4v) is 4.26. The first kappa shape index (κ1) is 21.4. The van der Waals surface area contributed by atoms with Crippen LogP contribution < -0.4 is 11.2 Å². The second-order valence-electron chi connectivity index (χ2n) is 8.22. The third-order valence-corrected chi connectivity index (χ3v) is 6.27. The van der Waals surface area contributed by atoms with Crippen molar-refractivity contribution in [2.24, 2.45) is 7.05 Å². The number of benzene rings is 1. The van der Waals surface area contributed by atoms with Gasteiger partial charge >= 0.3 is 5.69 Å². The van der Waals surface area contributed by atoms with Crippen LogP contribution in [-0.4, -0.2) is 48.6 Å². The Labute approximate surface area is 184 Å². The molecule has 8 nitrogen and oxygen atoms in total. The number of hydrogen-bond donors (Lipinski definition) is 0. The van der Waals surface area contributed by atoms with Gasteiger partial charge in [0.1, 0.15) is 0 Å². The van der Waals surface area contributed by atoms with Crippen molar-refractivity contribution in [3.05, 3.63) is 67.1 Å². The van der Waals surface area contributed by atoms with Gasteiger partial charge in [0, 0.05) is 30.0 Å². The minimum atomic E-state index is -0.410. The molecule has 3 heterocycles. The quantitative estimate of drug-likeness (QED) is 0.460. The van der Waals surface area contributed by atoms with Crippen LogP contribution in [0.1, 0.15) is 23.4 Å². The van der Waals surface area contributed by atoms with Crippen LogP contribution in [0.25, 0.3) is 16.9 Å². The molecule has 0 saturated heterocycles. The molecule has 31 heavy (non-hydrogen) atoms. The van der Waals surface area contributed by atoms with Crippen molar-refractivity contribution >= 4 is 28.5 Å². The first-order valence-corrected chi connectivity index (χ1v) is 10.7. The van der Waals surface area contributed by atoms with E-state index in [9.17, 15) is 9.59 Å². The van der Waals surface area contributed by atoms with E-state index in [2.05, 4.69) is 9.47 Å². The van der Waals surface area contributed by atoms with Crippen LogP contribution in [0.2, 0.25) is 5.02 Å². The highest BCUT2D eigenvalue weighted by Crippen LogP contribution is 2.21. The molecule has 0 aliphatic rings. The van der Waals surface area contributed by atoms with Gasteiger partial charge < -0.3 is 9.47 Å². The second-order valence-corrected chi connectivity index (χ2v) is 8.63. The Hall–Kier alpha value is -2.84. The Balaban J connectivity index is 1.94. The first-order chi connectivity index (χ1) is 14.7. The fourth-order valence-electron chi connectivity index (χ4n) is 4.06. The second kappa shape index (κ2) is 8.01. The van der Waals surface area contributed by atoms with E-state index >= 15 is 0 Å². The van der Waals surface area contributed by atoms with Crippen molar-refractivity contribution in [3.8, 4) is 0 Å². The van der Waals surface area contributed by atoms with E-state index in [1.54, 1.807) is 13.1 Å². The third kappa shape index (κ3) is 3.49. The highest BCUT2D eigenvalue weighted by Gasteiger charge is 2.22. The zero-order valence-electron chi connectivity index (χ0n) is 18.5. The molecule has 0 amide bonds. The van der Waals surface area contributed by atoms with Crippen molar-refractivity contribution in [2.45, 2.75) is 33.4 Å². The summed E-state index contributed by atoms with van der Waals surface area (Å²) < 4.78 is 6.68. The molecule has 0 aliphatic carbocycles. The van der Waals surface area contributed by atoms with Crippen molar-refractivity contribution in [1.82, 2.24) is 28.0 Å². The summed E-state index contributed by atoms with van der Waals surface area (Å²) in [4.78, 5) is 33.4. The van der Waals surface area contributed by atoms with Crippen LogP contribution in [0, 0.1) is 13.8 Å². The number of aryl methyl sites for hydroxylation is 3. The predicted molar refractivity (Wildman–Crippen MR) is 123 cm³/mol. The summed E-state index contributed by atoms with van der Waals surface area (Å²) in [5, 5.41) is 0.522. The first-order valence-electron chi connectivity index (χ1n) is 10.3. The van der Waals surface area contributed by atoms with Crippen LogP contribution in [0.15, 0.2) is 33.9 Å². The van der Waals surface area contributed by atoms with Gasteiger partial charge in [0.25, 0.3) is 5.56 Å². The number of imidazole rings is 2. The largest absolute Gasteiger partial charge is 0.332 e. The summed E-state index contributed by atoms with van der Waals surface area (Å²) in [6, 6.07) is 7.24. The minimum Gasteiger partial charge on any atom is -0.314 e. The molecule has 0 fully saturated rings. The fraction of sp³-hybridized carbons (Fsp3) is 0.409. The Kier molecular flexibility index (Phi) is 5.53. The van der Waals surface area contributed by atoms with E-state index in [0.717, 1.165) is 36.5 Å². The van der Waals surface area contributed by atoms with Gasteiger partial charge in [-0.2, -0.15) is 4.98 Å². The molecule has 0 bridgehead atoms. The Morgan fingerprint density at radius 3 is 2.45 bits per heavy atom. The Morgan fingerprint density at radius 1 is 1.06 bits per heavy atom. The minimum absolute atomic E-state index is 0.107. The van der Waals surface area contributed by atoms with Crippen LogP contribution in [-0.2, 0) is 20.1 Å². The van der Waals surface area contributed by atoms with Crippen molar-refractivity contribution in [3.63, 3.8) is 0 Å². The summed E-state index contributed by atoms with van der Waals surface area (Å²) in [6.45, 7) is 5.86. The summed E-state index contributed by atoms with van der Waals surface area (Å²) >= 11 is 6.28. The summed E-state index contributed by atoms with van der Waals surface area (Å²) in [6.07, 6.45) is 0.955. The normalized spacial score (nSPS) is 12.0. The van der Waals surface area contributed by atoms with Crippen molar-refractivity contribution in [1.29, 1.82) is 0 Å². The van der Waals surface area contributed by atoms with E-state index in [-0.39, 0.29) is 12.1 Å². The molecule has 9 heteroatoms. The van der Waals surface area contributed by atoms with Gasteiger partial charge in [-0.15, -0.1) is 0 Å². The van der Waals surface area contributed by atoms with Crippen LogP contribution in [0.5, 0.6) is 0 Å². The number of aromatic nitrogens is 5. The zero-order chi connectivity index (χ0) is 22.4. The number of halogens is 1. The Morgan fingerprint density at radius 2 is 1.77 bits per heavy atom. The highest BCUT2D eigenvalue weighted by atomic mass is 35.5. The standard InChI is InChI=1S/C22H27ClN6O2/c1-14-15(2)29-18-19(24-21(29)27(14)12-8-11-25(3)4)26(5)22(31)28(20(18)30)13-16-9-6-7-10-17(16)23/h6-7,9-10H,8,11-13H2,1-5H3. The summed E-state index contributed by atoms with van der Waals surface area (Å²) in [5.74, 6) is 0.686. The molecule has 0 atom stereocenters. The molecule has 4 aromatic rings. The maximum atomic E-state index is 13.5. The van der Waals surface area contributed by atoms with E-state index in [4.69, 9.17) is 16.6 Å². The molecule has 0 radical (unpaired) electrons. The van der Waals surface area contributed by atoms with E-state index in [1.807, 2.05) is 50.5 Å². The van der Waals surface area contributed by atoms with Crippen LogP contribution in [0.3, 0.4) is 0 Å². The number of hydrogen-bond acceptors (Lipinski definition) is 4. The number of rotatable bonds is 6. The lowest BCUT2D eigenvalue weighted by Gasteiger charge is -2.11. The SMILES string of the molecule is Cc1c(C)n2c3c(=O)n(Cc4ccccc4Cl)c(=O)n(C)c3nc2n1CCCN(C)C. The molecule has 0 unspecified atom stereocenters. The van der Waals surface area contributed by atoms with Crippen molar-refractivity contribution < 1.29 is 0 Å². The van der Waals surface area contributed by atoms with Crippen LogP contribution >= 0.6 is 11.6 Å². The molecule has 0 N–H and O–H groups in total. The topological polar surface area (TPSA) is 69.5 Å². The Bertz CT molecular complexity index is 1410. The van der Waals surface area contributed by atoms with Gasteiger partial charge in [-0.25, -0.2) is 4.79 Å². The van der Waals surface area contributed by atoms with E-state index in [1.165, 1.54) is 9.13 Å². The lowest BCUT2D eigenvalue weighted by atomic mass is 10.2. The lowest BCUT2D eigenvalue weighted by molar-refractivity contribution is 0.386. The maximum Gasteiger partial charge on any atom is 0.332 e. The monoisotopic (exact) mass is 442 g/mol. The van der Waals surface area contributed by atoms with Gasteiger partial charge in [-0.05, 0) is 52.5 Å². The lowest BCUT2D eigenvalue weighted by Crippen LogP contribution is -2.39. The summed E-state index contributed by atoms with van der Waals surface area (Å²) in [7, 11) is 5.74. The molecule has 0 aliphatic heterocycles. The smallest absolute Gasteiger partial charge is 0.314 e. The average molecular weight is 443 g/mol. The number of nitrogens with zero attached hydrogens (tertiary/aromatic N) is 6. The van der Waals surface area contributed by atoms with Gasteiger partial charge in [-0.1, -0.05) is 29.8 Å². The van der Waals surface area contributed by atoms with Gasteiger partial charge in [-0.3, -0.25) is 18.3 Å². The molecule has 3 aromatic heterocycles. The molecular weight excluding hydrogens is 416 g/mol. The zero-order valence-corrected chi connectivity index (χ0v) is 19.3. The molecule has 4 rings (SSSR count). The third-order valence-electron chi connectivity index (χ3n) is 5.90. The van der Waals surface area contributed by atoms with Crippen LogP contribution in [0.4, 0.5) is 0 Å². The van der Waals surface area contributed by atoms with E-state index < -0.39 is 5.69 Å². The van der Waals surface area contributed by atoms with Gasteiger partial charge in [0.15, 0.2) is 11.2 Å². The molecule has 0 saturated carbocycles. The van der Waals surface area contributed by atoms with Gasteiger partial charge in [0.2, 0.25) is 5.78 Å². The summed E-state index contributed by atoms with van der Waals surface area (Å²) in [5.41, 5.74) is 2.76. The average Bonchev–Trinajstić information content (AvgIpc) is 3.22. The van der Waals surface area contributed by atoms with E-state index in [0.29, 0.717) is 22.0 Å². The number of fused-ring (bicyclic) bond motifs is 3. The van der Waals surface area contributed by atoms with Gasteiger partial charge in [0.05, 0.1) is 6.54 Å². The molecule has 164 valence electrons.